The van der Waals surface area contributed by atoms with Crippen LogP contribution in [0.1, 0.15) is 15.9 Å². The van der Waals surface area contributed by atoms with E-state index in [0.29, 0.717) is 5.56 Å². The van der Waals surface area contributed by atoms with Crippen LogP contribution in [-0.4, -0.2) is 41.7 Å². The lowest BCUT2D eigenvalue weighted by atomic mass is 10.2. The number of carbonyl (C=O) groups excluding carboxylic acids is 1. The van der Waals surface area contributed by atoms with Crippen LogP contribution in [0.15, 0.2) is 62.8 Å². The quantitative estimate of drug-likeness (QED) is 0.355. The fourth-order valence-electron chi connectivity index (χ4n) is 3.10. The Kier molecular flexibility index (Phi) is 8.26. The number of amides is 1. The molecule has 0 fully saturated rings. The molecule has 3 rings (SSSR count). The van der Waals surface area contributed by atoms with Crippen LogP contribution in [0.5, 0.6) is 0 Å². The molecule has 0 aromatic heterocycles. The summed E-state index contributed by atoms with van der Waals surface area (Å²) in [7, 11) is -5.89. The van der Waals surface area contributed by atoms with Crippen molar-refractivity contribution in [3.8, 4) is 0 Å². The van der Waals surface area contributed by atoms with Crippen molar-refractivity contribution in [2.75, 3.05) is 23.5 Å². The van der Waals surface area contributed by atoms with Crippen LogP contribution in [0.25, 0.3) is 0 Å². The molecule has 1 amide bonds. The first-order valence-electron chi connectivity index (χ1n) is 9.94. The molecular weight excluding hydrogens is 620 g/mol. The second-order valence-corrected chi connectivity index (χ2v) is 12.9. The normalized spacial score (nSPS) is 11.8. The van der Waals surface area contributed by atoms with Crippen molar-refractivity contribution >= 4 is 76.5 Å². The zero-order valence-corrected chi connectivity index (χ0v) is 23.7. The summed E-state index contributed by atoms with van der Waals surface area (Å²) >= 11 is 14.9. The largest absolute Gasteiger partial charge is 0.345 e. The van der Waals surface area contributed by atoms with Gasteiger partial charge in [-0.15, -0.1) is 0 Å². The molecule has 0 aliphatic carbocycles. The van der Waals surface area contributed by atoms with Crippen molar-refractivity contribution in [3.63, 3.8) is 0 Å². The summed E-state index contributed by atoms with van der Waals surface area (Å²) in [4.78, 5) is 13.2. The van der Waals surface area contributed by atoms with Gasteiger partial charge in [-0.05, 0) is 76.9 Å². The molecule has 3 aromatic rings. The number of nitrogens with zero attached hydrogens (tertiary/aromatic N) is 1. The van der Waals surface area contributed by atoms with Gasteiger partial charge in [-0.3, -0.25) is 14.2 Å². The summed E-state index contributed by atoms with van der Waals surface area (Å²) in [5.74, 6) is -1.34. The lowest BCUT2D eigenvalue weighted by Crippen LogP contribution is -2.26. The lowest BCUT2D eigenvalue weighted by Gasteiger charge is -2.18. The standard InChI is InChI=1S/C22H19BrCl2FN3O5S2/c1-12-6-19(26)18(23)11-20(12)28-36(33,34)21-5-4-16(10-17(21)22(30)29(2)3)35(31,32)27-15-8-13(24)7-14(25)9-15/h4-11,27-28H,1-3H3. The van der Waals surface area contributed by atoms with Crippen LogP contribution in [0.4, 0.5) is 15.8 Å². The van der Waals surface area contributed by atoms with Gasteiger partial charge in [0.05, 0.1) is 26.3 Å². The number of nitrogens with one attached hydrogen (secondary N) is 2. The van der Waals surface area contributed by atoms with Crippen LogP contribution in [-0.2, 0) is 20.0 Å². The van der Waals surface area contributed by atoms with E-state index in [2.05, 4.69) is 25.4 Å². The Bertz CT molecular complexity index is 1560. The molecular formula is C22H19BrCl2FN3O5S2. The highest BCUT2D eigenvalue weighted by Crippen LogP contribution is 2.30. The second-order valence-electron chi connectivity index (χ2n) is 7.81. The summed E-state index contributed by atoms with van der Waals surface area (Å²) in [5, 5.41) is 0.387. The Balaban J connectivity index is 2.09. The third-order valence-corrected chi connectivity index (χ3v) is 8.66. The summed E-state index contributed by atoms with van der Waals surface area (Å²) < 4.78 is 70.9. The molecule has 2 N–H and O–H groups in total. The zero-order chi connectivity index (χ0) is 27.0. The van der Waals surface area contributed by atoms with Gasteiger partial charge in [0.15, 0.2) is 0 Å². The predicted molar refractivity (Wildman–Crippen MR) is 141 cm³/mol. The van der Waals surface area contributed by atoms with E-state index in [4.69, 9.17) is 23.2 Å². The Morgan fingerprint density at radius 2 is 1.53 bits per heavy atom. The number of rotatable bonds is 7. The Labute approximate surface area is 226 Å². The van der Waals surface area contributed by atoms with Crippen molar-refractivity contribution in [3.05, 3.63) is 80.0 Å². The summed E-state index contributed by atoms with van der Waals surface area (Å²) in [6.45, 7) is 1.50. The van der Waals surface area contributed by atoms with E-state index < -0.39 is 42.2 Å². The van der Waals surface area contributed by atoms with Crippen LogP contribution in [0, 0.1) is 12.7 Å². The molecule has 0 unspecified atom stereocenters. The second kappa shape index (κ2) is 10.5. The Hall–Kier alpha value is -2.38. The fraction of sp³-hybridized carbons (Fsp3) is 0.136. The van der Waals surface area contributed by atoms with Gasteiger partial charge >= 0.3 is 0 Å². The number of halogens is 4. The molecule has 14 heteroatoms. The van der Waals surface area contributed by atoms with Crippen molar-refractivity contribution in [1.29, 1.82) is 0 Å². The van der Waals surface area contributed by atoms with E-state index in [1.54, 1.807) is 0 Å². The van der Waals surface area contributed by atoms with Crippen LogP contribution >= 0.6 is 39.1 Å². The van der Waals surface area contributed by atoms with Crippen molar-refractivity contribution in [2.24, 2.45) is 0 Å². The van der Waals surface area contributed by atoms with Crippen LogP contribution in [0.3, 0.4) is 0 Å². The van der Waals surface area contributed by atoms with E-state index in [9.17, 15) is 26.0 Å². The van der Waals surface area contributed by atoms with Crippen molar-refractivity contribution in [1.82, 2.24) is 4.90 Å². The first kappa shape index (κ1) is 28.2. The van der Waals surface area contributed by atoms with E-state index in [-0.39, 0.29) is 30.8 Å². The maximum atomic E-state index is 13.8. The minimum absolute atomic E-state index is 0.0315. The topological polar surface area (TPSA) is 113 Å². The monoisotopic (exact) mass is 637 g/mol. The molecule has 36 heavy (non-hydrogen) atoms. The Morgan fingerprint density at radius 1 is 0.917 bits per heavy atom. The van der Waals surface area contributed by atoms with Gasteiger partial charge < -0.3 is 4.90 Å². The zero-order valence-electron chi connectivity index (χ0n) is 18.9. The van der Waals surface area contributed by atoms with Crippen LogP contribution in [0.2, 0.25) is 10.0 Å². The third kappa shape index (κ3) is 6.30. The first-order chi connectivity index (χ1) is 16.6. The fourth-order valence-corrected chi connectivity index (χ4v) is 6.34. The van der Waals surface area contributed by atoms with Crippen LogP contribution < -0.4 is 9.44 Å². The molecule has 0 saturated carbocycles. The van der Waals surface area contributed by atoms with Gasteiger partial charge in [-0.25, -0.2) is 21.2 Å². The molecule has 0 saturated heterocycles. The molecule has 0 heterocycles. The molecule has 0 bridgehead atoms. The van der Waals surface area contributed by atoms with Gasteiger partial charge in [0.25, 0.3) is 26.0 Å². The number of hydrogen-bond acceptors (Lipinski definition) is 5. The number of carbonyl (C=O) groups is 1. The molecule has 0 atom stereocenters. The number of aryl methyl sites for hydroxylation is 1. The first-order valence-corrected chi connectivity index (χ1v) is 14.5. The molecule has 3 aromatic carbocycles. The lowest BCUT2D eigenvalue weighted by molar-refractivity contribution is 0.0823. The number of sulfonamides is 2. The van der Waals surface area contributed by atoms with Gasteiger partial charge in [0.2, 0.25) is 0 Å². The summed E-state index contributed by atoms with van der Waals surface area (Å²) in [5.41, 5.74) is 0.0492. The predicted octanol–water partition coefficient (Wildman–Crippen LogP) is 5.51. The molecule has 0 aliphatic rings. The van der Waals surface area contributed by atoms with E-state index >= 15 is 0 Å². The highest BCUT2D eigenvalue weighted by atomic mass is 79.9. The van der Waals surface area contributed by atoms with Gasteiger partial charge in [-0.1, -0.05) is 23.2 Å². The molecule has 192 valence electrons. The molecule has 0 radical (unpaired) electrons. The maximum Gasteiger partial charge on any atom is 0.262 e. The van der Waals surface area contributed by atoms with E-state index in [1.807, 2.05) is 0 Å². The average Bonchev–Trinajstić information content (AvgIpc) is 2.75. The van der Waals surface area contributed by atoms with Crippen molar-refractivity contribution in [2.45, 2.75) is 16.7 Å². The summed E-state index contributed by atoms with van der Waals surface area (Å²) in [6, 6.07) is 9.48. The highest BCUT2D eigenvalue weighted by molar-refractivity contribution is 9.10. The molecule has 0 aliphatic heterocycles. The third-order valence-electron chi connectivity index (χ3n) is 4.81. The van der Waals surface area contributed by atoms with Gasteiger partial charge in [0.1, 0.15) is 10.7 Å². The Morgan fingerprint density at radius 3 is 2.11 bits per heavy atom. The smallest absolute Gasteiger partial charge is 0.262 e. The number of anilines is 2. The SMILES string of the molecule is Cc1cc(F)c(Br)cc1NS(=O)(=O)c1ccc(S(=O)(=O)Nc2cc(Cl)cc(Cl)c2)cc1C(=O)N(C)C. The minimum atomic E-state index is -4.40. The molecule has 0 spiro atoms. The minimum Gasteiger partial charge on any atom is -0.345 e. The summed E-state index contributed by atoms with van der Waals surface area (Å²) in [6.07, 6.45) is 0. The number of benzene rings is 3. The van der Waals surface area contributed by atoms with Gasteiger partial charge in [-0.2, -0.15) is 0 Å². The molecule has 8 nitrogen and oxygen atoms in total. The van der Waals surface area contributed by atoms with E-state index in [0.717, 1.165) is 29.2 Å². The van der Waals surface area contributed by atoms with E-state index in [1.165, 1.54) is 45.3 Å². The van der Waals surface area contributed by atoms with Crippen molar-refractivity contribution < 1.29 is 26.0 Å². The number of hydrogen-bond donors (Lipinski definition) is 2. The maximum absolute atomic E-state index is 13.8. The average molecular weight is 639 g/mol. The highest BCUT2D eigenvalue weighted by Gasteiger charge is 2.27. The van der Waals surface area contributed by atoms with Gasteiger partial charge in [0, 0.05) is 24.1 Å².